The summed E-state index contributed by atoms with van der Waals surface area (Å²) in [6, 6.07) is 3.01. The fourth-order valence-electron chi connectivity index (χ4n) is 2.29. The van der Waals surface area contributed by atoms with Gasteiger partial charge in [0.1, 0.15) is 11.9 Å². The fourth-order valence-corrected chi connectivity index (χ4v) is 2.47. The molecule has 0 aliphatic carbocycles. The number of carboxylic acids is 1. The standard InChI is InChI=1S/C16H18ClFN4O3/c1-3-4-5-13(16(24)25)19-15(23)14-9(2)22(21-20-14)10-6-7-12(18)11(17)8-10/h6-8,13H,3-5H2,1-2H3,(H,19,23)(H,24,25)/t13-/m0/s1. The smallest absolute Gasteiger partial charge is 0.326 e. The summed E-state index contributed by atoms with van der Waals surface area (Å²) >= 11 is 5.76. The van der Waals surface area contributed by atoms with E-state index in [1.807, 2.05) is 6.92 Å². The van der Waals surface area contributed by atoms with Crippen LogP contribution in [-0.2, 0) is 4.79 Å². The molecule has 0 saturated carbocycles. The molecule has 0 bridgehead atoms. The SMILES string of the molecule is CCCC[C@H](NC(=O)c1nnn(-c2ccc(F)c(Cl)c2)c1C)C(=O)O. The summed E-state index contributed by atoms with van der Waals surface area (Å²) < 4.78 is 14.6. The van der Waals surface area contributed by atoms with Crippen molar-refractivity contribution in [1.29, 1.82) is 0 Å². The molecule has 0 aliphatic heterocycles. The summed E-state index contributed by atoms with van der Waals surface area (Å²) in [5.74, 6) is -2.29. The van der Waals surface area contributed by atoms with Crippen LogP contribution in [0.15, 0.2) is 18.2 Å². The van der Waals surface area contributed by atoms with E-state index in [0.717, 1.165) is 6.42 Å². The predicted molar refractivity (Wildman–Crippen MR) is 89.5 cm³/mol. The van der Waals surface area contributed by atoms with Crippen LogP contribution in [0.3, 0.4) is 0 Å². The minimum atomic E-state index is -1.10. The average molecular weight is 369 g/mol. The van der Waals surface area contributed by atoms with Crippen molar-refractivity contribution < 1.29 is 19.1 Å². The molecule has 1 heterocycles. The highest BCUT2D eigenvalue weighted by atomic mass is 35.5. The van der Waals surface area contributed by atoms with Crippen LogP contribution >= 0.6 is 11.6 Å². The molecule has 2 rings (SSSR count). The van der Waals surface area contributed by atoms with Crippen LogP contribution in [0.5, 0.6) is 0 Å². The van der Waals surface area contributed by atoms with Gasteiger partial charge in [0.2, 0.25) is 0 Å². The lowest BCUT2D eigenvalue weighted by atomic mass is 10.1. The van der Waals surface area contributed by atoms with Crippen LogP contribution in [0.2, 0.25) is 5.02 Å². The number of aliphatic carboxylic acids is 1. The molecular weight excluding hydrogens is 351 g/mol. The highest BCUT2D eigenvalue weighted by Crippen LogP contribution is 2.20. The number of hydrogen-bond acceptors (Lipinski definition) is 4. The zero-order valence-corrected chi connectivity index (χ0v) is 14.5. The van der Waals surface area contributed by atoms with E-state index in [0.29, 0.717) is 24.2 Å². The lowest BCUT2D eigenvalue weighted by molar-refractivity contribution is -0.139. The Morgan fingerprint density at radius 3 is 2.76 bits per heavy atom. The topological polar surface area (TPSA) is 97.1 Å². The third-order valence-corrected chi connectivity index (χ3v) is 4.00. The number of halogens is 2. The maximum atomic E-state index is 13.3. The van der Waals surface area contributed by atoms with E-state index in [2.05, 4.69) is 15.6 Å². The van der Waals surface area contributed by atoms with Gasteiger partial charge in [-0.3, -0.25) is 4.79 Å². The molecule has 0 radical (unpaired) electrons. The van der Waals surface area contributed by atoms with Crippen LogP contribution in [0.4, 0.5) is 4.39 Å². The van der Waals surface area contributed by atoms with Crippen LogP contribution in [0.1, 0.15) is 42.4 Å². The molecule has 1 atom stereocenters. The zero-order valence-electron chi connectivity index (χ0n) is 13.8. The van der Waals surface area contributed by atoms with Gasteiger partial charge in [-0.05, 0) is 31.5 Å². The maximum Gasteiger partial charge on any atom is 0.326 e. The monoisotopic (exact) mass is 368 g/mol. The van der Waals surface area contributed by atoms with Gasteiger partial charge in [0.05, 0.1) is 16.4 Å². The molecule has 25 heavy (non-hydrogen) atoms. The second kappa shape index (κ2) is 8.06. The molecule has 7 nitrogen and oxygen atoms in total. The van der Waals surface area contributed by atoms with E-state index in [-0.39, 0.29) is 10.7 Å². The summed E-state index contributed by atoms with van der Waals surface area (Å²) in [4.78, 5) is 23.6. The Hall–Kier alpha value is -2.48. The van der Waals surface area contributed by atoms with Gasteiger partial charge in [-0.2, -0.15) is 0 Å². The second-order valence-corrected chi connectivity index (χ2v) is 5.95. The quantitative estimate of drug-likeness (QED) is 0.783. The maximum absolute atomic E-state index is 13.3. The van der Waals surface area contributed by atoms with Crippen LogP contribution < -0.4 is 5.32 Å². The van der Waals surface area contributed by atoms with Gasteiger partial charge >= 0.3 is 5.97 Å². The number of hydrogen-bond donors (Lipinski definition) is 2. The van der Waals surface area contributed by atoms with E-state index in [1.165, 1.54) is 22.9 Å². The third-order valence-electron chi connectivity index (χ3n) is 3.71. The number of carbonyl (C=O) groups excluding carboxylic acids is 1. The fraction of sp³-hybridized carbons (Fsp3) is 0.375. The number of rotatable bonds is 7. The van der Waals surface area contributed by atoms with Crippen molar-refractivity contribution in [3.8, 4) is 5.69 Å². The molecule has 2 N–H and O–H groups in total. The van der Waals surface area contributed by atoms with Crippen molar-refractivity contribution >= 4 is 23.5 Å². The van der Waals surface area contributed by atoms with E-state index in [1.54, 1.807) is 6.92 Å². The van der Waals surface area contributed by atoms with Gasteiger partial charge in [0.25, 0.3) is 5.91 Å². The molecule has 1 aromatic carbocycles. The zero-order chi connectivity index (χ0) is 18.6. The highest BCUT2D eigenvalue weighted by Gasteiger charge is 2.24. The predicted octanol–water partition coefficient (Wildman–Crippen LogP) is 2.74. The number of aromatic nitrogens is 3. The first kappa shape index (κ1) is 18.9. The minimum absolute atomic E-state index is 0.00296. The molecule has 2 aromatic rings. The number of benzene rings is 1. The average Bonchev–Trinajstić information content (AvgIpc) is 2.95. The second-order valence-electron chi connectivity index (χ2n) is 5.54. The van der Waals surface area contributed by atoms with Gasteiger partial charge in [0.15, 0.2) is 5.69 Å². The van der Waals surface area contributed by atoms with Crippen molar-refractivity contribution in [2.75, 3.05) is 0 Å². The molecule has 134 valence electrons. The van der Waals surface area contributed by atoms with Gasteiger partial charge in [-0.15, -0.1) is 5.10 Å². The van der Waals surface area contributed by atoms with Crippen molar-refractivity contribution in [2.45, 2.75) is 39.2 Å². The Morgan fingerprint density at radius 1 is 1.44 bits per heavy atom. The van der Waals surface area contributed by atoms with Crippen molar-refractivity contribution in [1.82, 2.24) is 20.3 Å². The molecule has 0 fully saturated rings. The first-order valence-corrected chi connectivity index (χ1v) is 8.14. The molecular formula is C16H18ClFN4O3. The summed E-state index contributed by atoms with van der Waals surface area (Å²) in [7, 11) is 0. The van der Waals surface area contributed by atoms with Crippen molar-refractivity contribution in [3.63, 3.8) is 0 Å². The van der Waals surface area contributed by atoms with Gasteiger partial charge in [-0.1, -0.05) is 36.6 Å². The Labute approximate surface area is 148 Å². The number of unbranched alkanes of at least 4 members (excludes halogenated alkanes) is 1. The molecule has 0 spiro atoms. The number of nitrogens with zero attached hydrogens (tertiary/aromatic N) is 3. The minimum Gasteiger partial charge on any atom is -0.480 e. The molecule has 1 aromatic heterocycles. The lowest BCUT2D eigenvalue weighted by Gasteiger charge is -2.13. The lowest BCUT2D eigenvalue weighted by Crippen LogP contribution is -2.41. The molecule has 0 saturated heterocycles. The summed E-state index contributed by atoms with van der Waals surface area (Å²) in [5, 5.41) is 19.2. The first-order chi connectivity index (χ1) is 11.8. The van der Waals surface area contributed by atoms with Crippen molar-refractivity contribution in [2.24, 2.45) is 0 Å². The summed E-state index contributed by atoms with van der Waals surface area (Å²) in [5.41, 5.74) is 0.833. The Bertz CT molecular complexity index is 794. The van der Waals surface area contributed by atoms with Crippen LogP contribution in [-0.4, -0.2) is 38.0 Å². The Kier molecular flexibility index (Phi) is 6.08. The Balaban J connectivity index is 2.23. The molecule has 9 heteroatoms. The number of amides is 1. The number of carbonyl (C=O) groups is 2. The van der Waals surface area contributed by atoms with E-state index < -0.39 is 23.7 Å². The van der Waals surface area contributed by atoms with Crippen molar-refractivity contribution in [3.05, 3.63) is 40.4 Å². The molecule has 0 unspecified atom stereocenters. The third kappa shape index (κ3) is 4.33. The van der Waals surface area contributed by atoms with E-state index >= 15 is 0 Å². The molecule has 0 aliphatic rings. The van der Waals surface area contributed by atoms with E-state index in [4.69, 9.17) is 11.6 Å². The summed E-state index contributed by atoms with van der Waals surface area (Å²) in [6.07, 6.45) is 1.83. The normalized spacial score (nSPS) is 12.0. The largest absolute Gasteiger partial charge is 0.480 e. The van der Waals surface area contributed by atoms with Gasteiger partial charge in [0, 0.05) is 0 Å². The number of nitrogens with one attached hydrogen (secondary N) is 1. The van der Waals surface area contributed by atoms with E-state index in [9.17, 15) is 19.1 Å². The van der Waals surface area contributed by atoms with Gasteiger partial charge in [-0.25, -0.2) is 13.9 Å². The summed E-state index contributed by atoms with van der Waals surface area (Å²) in [6.45, 7) is 3.54. The number of carboxylic acid groups (broad SMARTS) is 1. The molecule has 1 amide bonds. The van der Waals surface area contributed by atoms with Crippen LogP contribution in [0.25, 0.3) is 5.69 Å². The van der Waals surface area contributed by atoms with Crippen LogP contribution in [0, 0.1) is 12.7 Å². The first-order valence-electron chi connectivity index (χ1n) is 7.76. The van der Waals surface area contributed by atoms with Gasteiger partial charge < -0.3 is 10.4 Å². The highest BCUT2D eigenvalue weighted by molar-refractivity contribution is 6.30. The Morgan fingerprint density at radius 2 is 2.16 bits per heavy atom.